The third-order valence-electron chi connectivity index (χ3n) is 7.19. The fourth-order valence-electron chi connectivity index (χ4n) is 5.21. The van der Waals surface area contributed by atoms with Crippen LogP contribution in [0.15, 0.2) is 78.9 Å². The molecular formula is C31H35N3O4. The van der Waals surface area contributed by atoms with Gasteiger partial charge in [0.1, 0.15) is 6.04 Å². The molecule has 3 aromatic carbocycles. The fraction of sp³-hybridized carbons (Fsp3) is 0.355. The maximum Gasteiger partial charge on any atom is 0.273 e. The second-order valence-corrected chi connectivity index (χ2v) is 10.1. The molecule has 7 heteroatoms. The number of para-hydroxylation sites is 1. The van der Waals surface area contributed by atoms with Crippen LogP contribution in [0.2, 0.25) is 0 Å². The van der Waals surface area contributed by atoms with E-state index < -0.39 is 11.0 Å². The van der Waals surface area contributed by atoms with Gasteiger partial charge in [0.05, 0.1) is 11.3 Å². The molecule has 0 bridgehead atoms. The van der Waals surface area contributed by atoms with Gasteiger partial charge in [-0.1, -0.05) is 97.6 Å². The fourth-order valence-corrected chi connectivity index (χ4v) is 5.21. The lowest BCUT2D eigenvalue weighted by Gasteiger charge is -2.33. The molecule has 1 atom stereocenters. The molecule has 0 radical (unpaired) electrons. The van der Waals surface area contributed by atoms with Gasteiger partial charge in [-0.15, -0.1) is 0 Å². The Morgan fingerprint density at radius 1 is 0.947 bits per heavy atom. The van der Waals surface area contributed by atoms with E-state index in [1.54, 1.807) is 23.1 Å². The molecular weight excluding hydrogens is 478 g/mol. The van der Waals surface area contributed by atoms with Gasteiger partial charge in [0.15, 0.2) is 0 Å². The molecule has 0 unspecified atom stereocenters. The van der Waals surface area contributed by atoms with Crippen LogP contribution in [0.3, 0.4) is 0 Å². The molecule has 0 heterocycles. The molecule has 0 aromatic heterocycles. The lowest BCUT2D eigenvalue weighted by Crippen LogP contribution is -2.53. The summed E-state index contributed by atoms with van der Waals surface area (Å²) in [6, 6.07) is 23.2. The maximum absolute atomic E-state index is 13.9. The Balaban J connectivity index is 1.69. The summed E-state index contributed by atoms with van der Waals surface area (Å²) in [6.07, 6.45) is 5.40. The van der Waals surface area contributed by atoms with Crippen molar-refractivity contribution < 1.29 is 14.5 Å². The van der Waals surface area contributed by atoms with Gasteiger partial charge in [-0.3, -0.25) is 19.7 Å². The van der Waals surface area contributed by atoms with Crippen LogP contribution < -0.4 is 5.32 Å². The zero-order chi connectivity index (χ0) is 26.9. The predicted molar refractivity (Wildman–Crippen MR) is 147 cm³/mol. The average Bonchev–Trinajstić information content (AvgIpc) is 2.92. The number of hydrogen-bond donors (Lipinski definition) is 1. The summed E-state index contributed by atoms with van der Waals surface area (Å²) in [6.45, 7) is 2.22. The van der Waals surface area contributed by atoms with Crippen LogP contribution in [-0.2, 0) is 29.0 Å². The number of nitrogens with zero attached hydrogens (tertiary/aromatic N) is 2. The van der Waals surface area contributed by atoms with E-state index >= 15 is 0 Å². The Hall–Kier alpha value is -4.00. The monoisotopic (exact) mass is 513 g/mol. The molecule has 0 spiro atoms. The Morgan fingerprint density at radius 2 is 1.63 bits per heavy atom. The number of amides is 2. The molecule has 1 fully saturated rings. The molecule has 198 valence electrons. The molecule has 1 aliphatic carbocycles. The molecule has 1 N–H and O–H groups in total. The van der Waals surface area contributed by atoms with Gasteiger partial charge in [0, 0.05) is 30.6 Å². The second kappa shape index (κ2) is 13.0. The Morgan fingerprint density at radius 3 is 2.34 bits per heavy atom. The SMILES string of the molecule is Cc1cccc(CN(C(=O)Cc2ccccc2[N+](=O)[O-])[C@H](Cc2ccccc2)C(=O)NC2CCCCC2)c1. The lowest BCUT2D eigenvalue weighted by molar-refractivity contribution is -0.385. The summed E-state index contributed by atoms with van der Waals surface area (Å²) < 4.78 is 0. The van der Waals surface area contributed by atoms with Crippen molar-refractivity contribution in [3.8, 4) is 0 Å². The molecule has 3 aromatic rings. The van der Waals surface area contributed by atoms with E-state index in [0.717, 1.165) is 42.4 Å². The predicted octanol–water partition coefficient (Wildman–Crippen LogP) is 5.53. The summed E-state index contributed by atoms with van der Waals surface area (Å²) >= 11 is 0. The largest absolute Gasteiger partial charge is 0.352 e. The van der Waals surface area contributed by atoms with Gasteiger partial charge < -0.3 is 10.2 Å². The van der Waals surface area contributed by atoms with Crippen LogP contribution in [0.5, 0.6) is 0 Å². The number of carbonyl (C=O) groups is 2. The van der Waals surface area contributed by atoms with Crippen molar-refractivity contribution in [3.05, 3.63) is 111 Å². The van der Waals surface area contributed by atoms with E-state index in [9.17, 15) is 19.7 Å². The van der Waals surface area contributed by atoms with Crippen LogP contribution in [0.1, 0.15) is 54.4 Å². The van der Waals surface area contributed by atoms with Crippen molar-refractivity contribution in [2.24, 2.45) is 0 Å². The number of aryl methyl sites for hydroxylation is 1. The molecule has 7 nitrogen and oxygen atoms in total. The van der Waals surface area contributed by atoms with Crippen LogP contribution in [0.25, 0.3) is 0 Å². The first kappa shape index (κ1) is 27.0. The van der Waals surface area contributed by atoms with Crippen LogP contribution in [-0.4, -0.2) is 33.7 Å². The molecule has 1 aliphatic rings. The van der Waals surface area contributed by atoms with Gasteiger partial charge in [0.25, 0.3) is 5.69 Å². The summed E-state index contributed by atoms with van der Waals surface area (Å²) in [7, 11) is 0. The number of nitro benzene ring substituents is 1. The Bertz CT molecular complexity index is 1250. The number of nitro groups is 1. The van der Waals surface area contributed by atoms with Gasteiger partial charge in [0.2, 0.25) is 11.8 Å². The Labute approximate surface area is 224 Å². The standard InChI is InChI=1S/C31H35N3O4/c1-23-11-10-14-25(19-23)22-33(30(35)21-26-15-8-9-18-28(26)34(37)38)29(20-24-12-4-2-5-13-24)31(36)32-27-16-6-3-7-17-27/h2,4-5,8-15,18-19,27,29H,3,6-7,16-17,20-22H2,1H3,(H,32,36)/t29-/m1/s1. The molecule has 2 amide bonds. The highest BCUT2D eigenvalue weighted by atomic mass is 16.6. The van der Waals surface area contributed by atoms with Gasteiger partial charge in [-0.25, -0.2) is 0 Å². The first-order chi connectivity index (χ1) is 18.4. The minimum Gasteiger partial charge on any atom is -0.352 e. The van der Waals surface area contributed by atoms with Crippen LogP contribution in [0, 0.1) is 17.0 Å². The molecule has 38 heavy (non-hydrogen) atoms. The number of carbonyl (C=O) groups excluding carboxylic acids is 2. The van der Waals surface area contributed by atoms with E-state index in [2.05, 4.69) is 5.32 Å². The first-order valence-electron chi connectivity index (χ1n) is 13.3. The highest BCUT2D eigenvalue weighted by Crippen LogP contribution is 2.23. The number of benzene rings is 3. The first-order valence-corrected chi connectivity index (χ1v) is 13.3. The number of nitrogens with one attached hydrogen (secondary N) is 1. The third kappa shape index (κ3) is 7.28. The third-order valence-corrected chi connectivity index (χ3v) is 7.19. The normalized spacial score (nSPS) is 14.4. The van der Waals surface area contributed by atoms with E-state index in [1.165, 1.54) is 12.5 Å². The Kier molecular flexibility index (Phi) is 9.25. The van der Waals surface area contributed by atoms with Gasteiger partial charge in [-0.05, 0) is 30.9 Å². The molecule has 0 aliphatic heterocycles. The molecule has 1 saturated carbocycles. The second-order valence-electron chi connectivity index (χ2n) is 10.1. The smallest absolute Gasteiger partial charge is 0.273 e. The number of rotatable bonds is 10. The topological polar surface area (TPSA) is 92.6 Å². The van der Waals surface area contributed by atoms with E-state index in [4.69, 9.17) is 0 Å². The van der Waals surface area contributed by atoms with Crippen molar-refractivity contribution in [1.82, 2.24) is 10.2 Å². The average molecular weight is 514 g/mol. The van der Waals surface area contributed by atoms with Gasteiger partial charge in [-0.2, -0.15) is 0 Å². The van der Waals surface area contributed by atoms with Crippen molar-refractivity contribution in [1.29, 1.82) is 0 Å². The maximum atomic E-state index is 13.9. The summed E-state index contributed by atoms with van der Waals surface area (Å²) in [5.74, 6) is -0.496. The lowest BCUT2D eigenvalue weighted by atomic mass is 9.94. The zero-order valence-electron chi connectivity index (χ0n) is 21.8. The molecule has 0 saturated heterocycles. The van der Waals surface area contributed by atoms with E-state index in [1.807, 2.05) is 61.5 Å². The zero-order valence-corrected chi connectivity index (χ0v) is 21.8. The van der Waals surface area contributed by atoms with Crippen molar-refractivity contribution >= 4 is 17.5 Å². The molecule has 4 rings (SSSR count). The van der Waals surface area contributed by atoms with E-state index in [0.29, 0.717) is 12.0 Å². The highest BCUT2D eigenvalue weighted by molar-refractivity contribution is 5.89. The van der Waals surface area contributed by atoms with Gasteiger partial charge >= 0.3 is 0 Å². The minimum absolute atomic E-state index is 0.0948. The van der Waals surface area contributed by atoms with Crippen molar-refractivity contribution in [2.45, 2.75) is 70.5 Å². The van der Waals surface area contributed by atoms with Crippen LogP contribution in [0.4, 0.5) is 5.69 Å². The van der Waals surface area contributed by atoms with Crippen molar-refractivity contribution in [2.75, 3.05) is 0 Å². The minimum atomic E-state index is -0.755. The summed E-state index contributed by atoms with van der Waals surface area (Å²) in [4.78, 5) is 40.5. The number of hydrogen-bond acceptors (Lipinski definition) is 4. The van der Waals surface area contributed by atoms with Crippen LogP contribution >= 0.6 is 0 Å². The quantitative estimate of drug-likeness (QED) is 0.285. The summed E-state index contributed by atoms with van der Waals surface area (Å²) in [5, 5.41) is 14.8. The van der Waals surface area contributed by atoms with Crippen molar-refractivity contribution in [3.63, 3.8) is 0 Å². The summed E-state index contributed by atoms with van der Waals surface area (Å²) in [5.41, 5.74) is 3.15. The highest BCUT2D eigenvalue weighted by Gasteiger charge is 2.32. The van der Waals surface area contributed by atoms with E-state index in [-0.39, 0.29) is 36.5 Å².